The number of ether oxygens (including phenoxy) is 5. The number of aliphatic hydroxyl groups is 2. The van der Waals surface area contributed by atoms with Crippen molar-refractivity contribution < 1.29 is 38.7 Å². The topological polar surface area (TPSA) is 104 Å². The first-order valence-electron chi connectivity index (χ1n) is 9.13. The summed E-state index contributed by atoms with van der Waals surface area (Å²) in [5.41, 5.74) is 1.14. The fourth-order valence-corrected chi connectivity index (χ4v) is 3.11. The summed E-state index contributed by atoms with van der Waals surface area (Å²) in [7, 11) is 1.39. The van der Waals surface area contributed by atoms with Gasteiger partial charge < -0.3 is 33.9 Å². The van der Waals surface area contributed by atoms with E-state index in [0.717, 1.165) is 12.8 Å². The van der Waals surface area contributed by atoms with Crippen molar-refractivity contribution in [3.8, 4) is 0 Å². The van der Waals surface area contributed by atoms with Gasteiger partial charge in [-0.1, -0.05) is 25.5 Å². The minimum Gasteiger partial charge on any atom is -0.462 e. The van der Waals surface area contributed by atoms with Crippen LogP contribution in [0.1, 0.15) is 42.0 Å². The Morgan fingerprint density at radius 1 is 1.19 bits per heavy atom. The zero-order chi connectivity index (χ0) is 19.4. The molecule has 2 heterocycles. The summed E-state index contributed by atoms with van der Waals surface area (Å²) >= 11 is 0. The third-order valence-corrected chi connectivity index (χ3v) is 4.72. The van der Waals surface area contributed by atoms with Crippen LogP contribution in [0.3, 0.4) is 0 Å². The molecule has 2 aliphatic rings. The predicted molar refractivity (Wildman–Crippen MR) is 92.9 cm³/mol. The van der Waals surface area contributed by atoms with Crippen molar-refractivity contribution >= 4 is 5.97 Å². The molecule has 1 aromatic carbocycles. The fourth-order valence-electron chi connectivity index (χ4n) is 3.11. The molecular weight excluding hydrogens is 356 g/mol. The van der Waals surface area contributed by atoms with Gasteiger partial charge in [0.15, 0.2) is 12.6 Å². The number of hydrogen-bond donors (Lipinski definition) is 2. The molecule has 2 aliphatic heterocycles. The molecule has 8 nitrogen and oxygen atoms in total. The molecule has 2 saturated heterocycles. The summed E-state index contributed by atoms with van der Waals surface area (Å²) in [5, 5.41) is 20.4. The Bertz CT molecular complexity index is 617. The lowest BCUT2D eigenvalue weighted by molar-refractivity contribution is -0.358. The molecule has 1 aromatic rings. The summed E-state index contributed by atoms with van der Waals surface area (Å²) in [4.78, 5) is 12.0. The zero-order valence-electron chi connectivity index (χ0n) is 15.4. The van der Waals surface area contributed by atoms with Crippen LogP contribution in [0.25, 0.3) is 0 Å². The number of aliphatic hydroxyl groups excluding tert-OH is 2. The second-order valence-electron chi connectivity index (χ2n) is 6.64. The van der Waals surface area contributed by atoms with E-state index in [1.165, 1.54) is 7.11 Å². The highest BCUT2D eigenvalue weighted by Gasteiger charge is 2.49. The molecule has 0 bridgehead atoms. The van der Waals surface area contributed by atoms with E-state index >= 15 is 0 Å². The van der Waals surface area contributed by atoms with Crippen molar-refractivity contribution in [2.75, 3.05) is 20.3 Å². The van der Waals surface area contributed by atoms with E-state index in [4.69, 9.17) is 23.7 Å². The van der Waals surface area contributed by atoms with Gasteiger partial charge in [-0.15, -0.1) is 0 Å². The predicted octanol–water partition coefficient (Wildman–Crippen LogP) is 1.15. The molecular formula is C19H26O8. The van der Waals surface area contributed by atoms with Crippen LogP contribution < -0.4 is 0 Å². The van der Waals surface area contributed by atoms with Crippen LogP contribution in [0.15, 0.2) is 24.3 Å². The third-order valence-electron chi connectivity index (χ3n) is 4.72. The van der Waals surface area contributed by atoms with E-state index in [1.54, 1.807) is 24.3 Å². The van der Waals surface area contributed by atoms with Gasteiger partial charge in [0.05, 0.1) is 18.8 Å². The molecule has 0 amide bonds. The Kier molecular flexibility index (Phi) is 6.80. The quantitative estimate of drug-likeness (QED) is 0.558. The molecule has 3 rings (SSSR count). The number of rotatable bonds is 6. The van der Waals surface area contributed by atoms with E-state index in [-0.39, 0.29) is 12.6 Å². The summed E-state index contributed by atoms with van der Waals surface area (Å²) in [6, 6.07) is 6.72. The molecule has 150 valence electrons. The van der Waals surface area contributed by atoms with Crippen LogP contribution in [0, 0.1) is 0 Å². The standard InChI is InChI=1S/C19H26O8/c1-3-4-9-24-17(22)11-5-7-12(8-6-11)18-25-10-13-16(27-18)14(20)15(21)19(23-2)26-13/h5-8,13-16,18-21H,3-4,9-10H2,1-2H3/t13-,14-,15-,16-,18?,19+/m1/s1. The van der Waals surface area contributed by atoms with Gasteiger partial charge >= 0.3 is 5.97 Å². The largest absolute Gasteiger partial charge is 0.462 e. The Balaban J connectivity index is 1.62. The first kappa shape index (κ1) is 20.2. The number of carbonyl (C=O) groups excluding carboxylic acids is 1. The van der Waals surface area contributed by atoms with E-state index in [1.807, 2.05) is 6.92 Å². The number of carbonyl (C=O) groups is 1. The maximum Gasteiger partial charge on any atom is 0.338 e. The minimum atomic E-state index is -1.21. The lowest BCUT2D eigenvalue weighted by Gasteiger charge is -2.45. The van der Waals surface area contributed by atoms with Gasteiger partial charge in [-0.25, -0.2) is 4.79 Å². The van der Waals surface area contributed by atoms with Crippen molar-refractivity contribution in [2.24, 2.45) is 0 Å². The first-order valence-corrected chi connectivity index (χ1v) is 9.13. The van der Waals surface area contributed by atoms with Crippen molar-refractivity contribution in [3.05, 3.63) is 35.4 Å². The van der Waals surface area contributed by atoms with Crippen LogP contribution in [0.4, 0.5) is 0 Å². The molecule has 8 heteroatoms. The van der Waals surface area contributed by atoms with Crippen LogP contribution >= 0.6 is 0 Å². The highest BCUT2D eigenvalue weighted by Crippen LogP contribution is 2.34. The molecule has 1 unspecified atom stereocenters. The van der Waals surface area contributed by atoms with Gasteiger partial charge in [0.1, 0.15) is 24.4 Å². The summed E-state index contributed by atoms with van der Waals surface area (Å²) in [6.07, 6.45) is -3.54. The second-order valence-corrected chi connectivity index (χ2v) is 6.64. The molecule has 2 fully saturated rings. The highest BCUT2D eigenvalue weighted by molar-refractivity contribution is 5.89. The molecule has 0 aromatic heterocycles. The Hall–Kier alpha value is -1.55. The van der Waals surface area contributed by atoms with E-state index in [9.17, 15) is 15.0 Å². The number of fused-ring (bicyclic) bond motifs is 1. The SMILES string of the molecule is CCCCOC(=O)c1ccc(C2OC[C@H]3O[C@H](OC)[C@H](O)[C@@H](O)[C@@H]3O2)cc1. The monoisotopic (exact) mass is 382 g/mol. The van der Waals surface area contributed by atoms with Crippen LogP contribution in [-0.4, -0.2) is 67.2 Å². The number of esters is 1. The molecule has 6 atom stereocenters. The van der Waals surface area contributed by atoms with Gasteiger partial charge in [0.2, 0.25) is 0 Å². The van der Waals surface area contributed by atoms with Crippen LogP contribution in [-0.2, 0) is 23.7 Å². The average molecular weight is 382 g/mol. The fraction of sp³-hybridized carbons (Fsp3) is 0.632. The first-order chi connectivity index (χ1) is 13.0. The van der Waals surface area contributed by atoms with E-state index in [2.05, 4.69) is 0 Å². The molecule has 0 spiro atoms. The van der Waals surface area contributed by atoms with Gasteiger partial charge in [0, 0.05) is 12.7 Å². The third kappa shape index (κ3) is 4.48. The normalized spacial score (nSPS) is 33.3. The molecule has 0 saturated carbocycles. The van der Waals surface area contributed by atoms with Crippen molar-refractivity contribution in [1.29, 1.82) is 0 Å². The minimum absolute atomic E-state index is 0.180. The summed E-state index contributed by atoms with van der Waals surface area (Å²) in [5.74, 6) is -0.370. The van der Waals surface area contributed by atoms with Gasteiger partial charge in [-0.05, 0) is 18.6 Å². The van der Waals surface area contributed by atoms with Gasteiger partial charge in [-0.3, -0.25) is 0 Å². The van der Waals surface area contributed by atoms with Crippen molar-refractivity contribution in [1.82, 2.24) is 0 Å². The second kappa shape index (κ2) is 9.09. The molecule has 2 N–H and O–H groups in total. The zero-order valence-corrected chi connectivity index (χ0v) is 15.4. The van der Waals surface area contributed by atoms with Crippen molar-refractivity contribution in [3.63, 3.8) is 0 Å². The highest BCUT2D eigenvalue weighted by atomic mass is 16.7. The Morgan fingerprint density at radius 3 is 2.59 bits per heavy atom. The number of benzene rings is 1. The van der Waals surface area contributed by atoms with E-state index < -0.39 is 37.0 Å². The summed E-state index contributed by atoms with van der Waals surface area (Å²) in [6.45, 7) is 2.61. The lowest BCUT2D eigenvalue weighted by atomic mass is 9.98. The Labute approximate surface area is 157 Å². The van der Waals surface area contributed by atoms with Gasteiger partial charge in [0.25, 0.3) is 0 Å². The Morgan fingerprint density at radius 2 is 1.93 bits per heavy atom. The number of unbranched alkanes of at least 4 members (excludes halogenated alkanes) is 1. The van der Waals surface area contributed by atoms with Gasteiger partial charge in [-0.2, -0.15) is 0 Å². The maximum atomic E-state index is 12.0. The average Bonchev–Trinajstić information content (AvgIpc) is 2.70. The number of methoxy groups -OCH3 is 1. The lowest BCUT2D eigenvalue weighted by Crippen LogP contribution is -2.62. The molecule has 0 aliphatic carbocycles. The van der Waals surface area contributed by atoms with Crippen LogP contribution in [0.5, 0.6) is 0 Å². The maximum absolute atomic E-state index is 12.0. The number of hydrogen-bond acceptors (Lipinski definition) is 8. The van der Waals surface area contributed by atoms with E-state index in [0.29, 0.717) is 17.7 Å². The van der Waals surface area contributed by atoms with Crippen molar-refractivity contribution in [2.45, 2.75) is 56.8 Å². The smallest absolute Gasteiger partial charge is 0.338 e. The van der Waals surface area contributed by atoms with Crippen LogP contribution in [0.2, 0.25) is 0 Å². The summed E-state index contributed by atoms with van der Waals surface area (Å²) < 4.78 is 27.2. The molecule has 27 heavy (non-hydrogen) atoms. The molecule has 0 radical (unpaired) electrons.